The number of aromatic amines is 1. The largest absolute Gasteiger partial charge is 0.343 e. The van der Waals surface area contributed by atoms with Crippen LogP contribution in [0.1, 0.15) is 12.5 Å². The van der Waals surface area contributed by atoms with E-state index >= 15 is 0 Å². The van der Waals surface area contributed by atoms with Crippen LogP contribution in [-0.4, -0.2) is 21.3 Å². The highest BCUT2D eigenvalue weighted by Gasteiger charge is 2.13. The van der Waals surface area contributed by atoms with E-state index in [0.717, 1.165) is 4.90 Å². The number of rotatable bonds is 5. The first-order valence-electron chi connectivity index (χ1n) is 5.97. The first-order valence-corrected chi connectivity index (χ1v) is 6.79. The fourth-order valence-corrected chi connectivity index (χ4v) is 2.86. The molecule has 19 heavy (non-hydrogen) atoms. The summed E-state index contributed by atoms with van der Waals surface area (Å²) in [5, 5.41) is 6.86. The van der Waals surface area contributed by atoms with Crippen molar-refractivity contribution in [3.8, 4) is 0 Å². The van der Waals surface area contributed by atoms with Gasteiger partial charge in [-0.2, -0.15) is 0 Å². The molecular weight excluding hydrogens is 267 g/mol. The molecule has 0 spiro atoms. The summed E-state index contributed by atoms with van der Waals surface area (Å²) in [6.45, 7) is 2.74. The molecule has 0 aliphatic carbocycles. The first kappa shape index (κ1) is 13.8. The van der Waals surface area contributed by atoms with E-state index in [-0.39, 0.29) is 11.5 Å². The van der Waals surface area contributed by atoms with E-state index in [1.165, 1.54) is 22.4 Å². The first-order chi connectivity index (χ1) is 9.17. The number of benzene rings is 1. The summed E-state index contributed by atoms with van der Waals surface area (Å²) in [6, 6.07) is 4.85. The Morgan fingerprint density at radius 1 is 1.53 bits per heavy atom. The molecule has 0 saturated heterocycles. The van der Waals surface area contributed by atoms with E-state index in [1.54, 1.807) is 12.1 Å². The SMILES string of the molecule is CCn1c(Sc2cccc(F)c2CCN)n[nH]c1=O. The Balaban J connectivity index is 2.37. The zero-order valence-corrected chi connectivity index (χ0v) is 11.3. The van der Waals surface area contributed by atoms with Gasteiger partial charge in [0.1, 0.15) is 5.82 Å². The van der Waals surface area contributed by atoms with Crippen LogP contribution in [0.25, 0.3) is 0 Å². The van der Waals surface area contributed by atoms with Gasteiger partial charge in [0.25, 0.3) is 0 Å². The lowest BCUT2D eigenvalue weighted by Crippen LogP contribution is -2.16. The van der Waals surface area contributed by atoms with Crippen molar-refractivity contribution >= 4 is 11.8 Å². The van der Waals surface area contributed by atoms with Gasteiger partial charge in [0.15, 0.2) is 5.16 Å². The Kier molecular flexibility index (Phi) is 4.39. The maximum atomic E-state index is 13.8. The minimum atomic E-state index is -0.281. The molecule has 2 rings (SSSR count). The van der Waals surface area contributed by atoms with Crippen LogP contribution < -0.4 is 11.4 Å². The highest BCUT2D eigenvalue weighted by Crippen LogP contribution is 2.30. The molecule has 7 heteroatoms. The fraction of sp³-hybridized carbons (Fsp3) is 0.333. The molecule has 102 valence electrons. The van der Waals surface area contributed by atoms with Crippen molar-refractivity contribution in [2.24, 2.45) is 5.73 Å². The maximum absolute atomic E-state index is 13.8. The highest BCUT2D eigenvalue weighted by molar-refractivity contribution is 7.99. The lowest BCUT2D eigenvalue weighted by molar-refractivity contribution is 0.603. The number of hydrogen-bond acceptors (Lipinski definition) is 4. The van der Waals surface area contributed by atoms with E-state index in [4.69, 9.17) is 5.73 Å². The molecular formula is C12H15FN4OS. The monoisotopic (exact) mass is 282 g/mol. The summed E-state index contributed by atoms with van der Waals surface area (Å²) in [6.07, 6.45) is 0.454. The average molecular weight is 282 g/mol. The van der Waals surface area contributed by atoms with Crippen molar-refractivity contribution < 1.29 is 4.39 Å². The van der Waals surface area contributed by atoms with Gasteiger partial charge in [0.05, 0.1) is 0 Å². The molecule has 1 heterocycles. The molecule has 0 radical (unpaired) electrons. The lowest BCUT2D eigenvalue weighted by Gasteiger charge is -2.09. The molecule has 0 aliphatic heterocycles. The predicted molar refractivity (Wildman–Crippen MR) is 71.8 cm³/mol. The fourth-order valence-electron chi connectivity index (χ4n) is 1.78. The van der Waals surface area contributed by atoms with Crippen LogP contribution in [0, 0.1) is 5.82 Å². The van der Waals surface area contributed by atoms with Gasteiger partial charge in [-0.05, 0) is 43.8 Å². The molecule has 0 fully saturated rings. The van der Waals surface area contributed by atoms with Crippen molar-refractivity contribution in [3.05, 3.63) is 40.1 Å². The molecule has 0 atom stereocenters. The minimum absolute atomic E-state index is 0.262. The Bertz CT molecular complexity index is 622. The summed E-state index contributed by atoms with van der Waals surface area (Å²) in [5.41, 5.74) is 5.80. The van der Waals surface area contributed by atoms with E-state index in [1.807, 2.05) is 6.92 Å². The van der Waals surface area contributed by atoms with Gasteiger partial charge in [0, 0.05) is 17.0 Å². The van der Waals surface area contributed by atoms with E-state index in [2.05, 4.69) is 10.2 Å². The second kappa shape index (κ2) is 6.03. The summed E-state index contributed by atoms with van der Waals surface area (Å²) in [7, 11) is 0. The van der Waals surface area contributed by atoms with Gasteiger partial charge < -0.3 is 5.73 Å². The molecule has 3 N–H and O–H groups in total. The summed E-state index contributed by atoms with van der Waals surface area (Å²) in [5.74, 6) is -0.281. The van der Waals surface area contributed by atoms with Crippen molar-refractivity contribution in [2.45, 2.75) is 29.9 Å². The molecule has 0 unspecified atom stereocenters. The molecule has 1 aromatic carbocycles. The smallest absolute Gasteiger partial charge is 0.330 e. The van der Waals surface area contributed by atoms with Gasteiger partial charge in [-0.15, -0.1) is 5.10 Å². The van der Waals surface area contributed by atoms with Crippen molar-refractivity contribution in [3.63, 3.8) is 0 Å². The zero-order valence-electron chi connectivity index (χ0n) is 10.5. The van der Waals surface area contributed by atoms with Crippen molar-refractivity contribution in [1.29, 1.82) is 0 Å². The third kappa shape index (κ3) is 2.87. The number of nitrogens with two attached hydrogens (primary N) is 1. The van der Waals surface area contributed by atoms with Gasteiger partial charge >= 0.3 is 5.69 Å². The standard InChI is InChI=1S/C12H15FN4OS/c1-2-17-11(18)15-16-12(17)19-10-5-3-4-9(13)8(10)6-7-14/h3-5H,2,6-7,14H2,1H3,(H,15,18). The minimum Gasteiger partial charge on any atom is -0.330 e. The van der Waals surface area contributed by atoms with Crippen LogP contribution in [-0.2, 0) is 13.0 Å². The topological polar surface area (TPSA) is 76.7 Å². The van der Waals surface area contributed by atoms with Crippen LogP contribution in [0.4, 0.5) is 4.39 Å². The van der Waals surface area contributed by atoms with Gasteiger partial charge in [0.2, 0.25) is 0 Å². The molecule has 2 aromatic rings. The Hall–Kier alpha value is -1.60. The van der Waals surface area contributed by atoms with Gasteiger partial charge in [-0.1, -0.05) is 6.07 Å². The zero-order chi connectivity index (χ0) is 13.8. The molecule has 5 nitrogen and oxygen atoms in total. The second-order valence-corrected chi connectivity index (χ2v) is 4.92. The Morgan fingerprint density at radius 2 is 2.32 bits per heavy atom. The van der Waals surface area contributed by atoms with Crippen LogP contribution in [0.15, 0.2) is 33.0 Å². The third-order valence-electron chi connectivity index (χ3n) is 2.71. The summed E-state index contributed by atoms with van der Waals surface area (Å²) in [4.78, 5) is 12.2. The predicted octanol–water partition coefficient (Wildman–Crippen LogP) is 1.38. The van der Waals surface area contributed by atoms with Crippen molar-refractivity contribution in [1.82, 2.24) is 14.8 Å². The number of halogens is 1. The number of aromatic nitrogens is 3. The van der Waals surface area contributed by atoms with E-state index < -0.39 is 0 Å². The number of hydrogen-bond donors (Lipinski definition) is 2. The van der Waals surface area contributed by atoms with Crippen LogP contribution in [0.5, 0.6) is 0 Å². The van der Waals surface area contributed by atoms with Crippen LogP contribution >= 0.6 is 11.8 Å². The van der Waals surface area contributed by atoms with E-state index in [0.29, 0.717) is 30.2 Å². The normalized spacial score (nSPS) is 10.9. The highest BCUT2D eigenvalue weighted by atomic mass is 32.2. The lowest BCUT2D eigenvalue weighted by atomic mass is 10.1. The quantitative estimate of drug-likeness (QED) is 0.868. The molecule has 0 aliphatic rings. The summed E-state index contributed by atoms with van der Waals surface area (Å²) < 4.78 is 15.3. The maximum Gasteiger partial charge on any atom is 0.343 e. The van der Waals surface area contributed by atoms with Gasteiger partial charge in [-0.3, -0.25) is 4.57 Å². The Labute approximate surface area is 114 Å². The Morgan fingerprint density at radius 3 is 3.00 bits per heavy atom. The van der Waals surface area contributed by atoms with Crippen molar-refractivity contribution in [2.75, 3.05) is 6.54 Å². The molecule has 0 saturated carbocycles. The summed E-state index contributed by atoms with van der Waals surface area (Å²) >= 11 is 1.27. The van der Waals surface area contributed by atoms with Crippen LogP contribution in [0.2, 0.25) is 0 Å². The average Bonchev–Trinajstić information content (AvgIpc) is 2.74. The van der Waals surface area contributed by atoms with Gasteiger partial charge in [-0.25, -0.2) is 14.3 Å². The second-order valence-electron chi connectivity index (χ2n) is 3.91. The molecule has 1 aromatic heterocycles. The molecule has 0 amide bonds. The number of nitrogens with one attached hydrogen (secondary N) is 1. The molecule has 0 bridgehead atoms. The number of H-pyrrole nitrogens is 1. The van der Waals surface area contributed by atoms with Crippen LogP contribution in [0.3, 0.4) is 0 Å². The number of nitrogens with zero attached hydrogens (tertiary/aromatic N) is 2. The third-order valence-corrected chi connectivity index (χ3v) is 3.81. The van der Waals surface area contributed by atoms with E-state index in [9.17, 15) is 9.18 Å².